The second kappa shape index (κ2) is 3.46. The van der Waals surface area contributed by atoms with Crippen LogP contribution in [0.25, 0.3) is 0 Å². The van der Waals surface area contributed by atoms with Gasteiger partial charge in [-0.15, -0.1) is 0 Å². The van der Waals surface area contributed by atoms with Gasteiger partial charge >= 0.3 is 0 Å². The summed E-state index contributed by atoms with van der Waals surface area (Å²) >= 11 is 5.77. The Hall–Kier alpha value is -0.600. The normalized spacial score (nSPS) is 38.5. The van der Waals surface area contributed by atoms with Crippen LogP contribution in [0, 0.1) is 11.8 Å². The van der Waals surface area contributed by atoms with Gasteiger partial charge in [-0.1, -0.05) is 17.7 Å². The largest absolute Gasteiger partial charge is 0.393 e. The summed E-state index contributed by atoms with van der Waals surface area (Å²) in [5.41, 5.74) is 1.24. The van der Waals surface area contributed by atoms with Crippen molar-refractivity contribution < 1.29 is 5.11 Å². The molecule has 2 fully saturated rings. The predicted octanol–water partition coefficient (Wildman–Crippen LogP) is 2.61. The Labute approximate surface area is 94.3 Å². The van der Waals surface area contributed by atoms with Crippen LogP contribution < -0.4 is 0 Å². The van der Waals surface area contributed by atoms with Crippen molar-refractivity contribution in [2.45, 2.75) is 31.3 Å². The number of aromatic nitrogens is 1. The van der Waals surface area contributed by atoms with Gasteiger partial charge in [0.1, 0.15) is 5.15 Å². The molecule has 15 heavy (non-hydrogen) atoms. The number of nitrogens with zero attached hydrogens (tertiary/aromatic N) is 1. The lowest BCUT2D eigenvalue weighted by Gasteiger charge is -2.21. The molecule has 0 aromatic carbocycles. The van der Waals surface area contributed by atoms with Crippen LogP contribution in [0.3, 0.4) is 0 Å². The van der Waals surface area contributed by atoms with Crippen molar-refractivity contribution in [3.63, 3.8) is 0 Å². The number of hydrogen-bond acceptors (Lipinski definition) is 2. The van der Waals surface area contributed by atoms with E-state index in [1.54, 1.807) is 0 Å². The van der Waals surface area contributed by atoms with Gasteiger partial charge in [0.05, 0.1) is 6.10 Å². The van der Waals surface area contributed by atoms with E-state index in [4.69, 9.17) is 11.6 Å². The first kappa shape index (κ1) is 9.61. The lowest BCUT2D eigenvalue weighted by atomic mass is 9.84. The van der Waals surface area contributed by atoms with Gasteiger partial charge in [0.25, 0.3) is 0 Å². The minimum Gasteiger partial charge on any atom is -0.393 e. The van der Waals surface area contributed by atoms with E-state index < -0.39 is 0 Å². The lowest BCUT2D eigenvalue weighted by Crippen LogP contribution is -2.14. The van der Waals surface area contributed by atoms with Crippen LogP contribution in [-0.4, -0.2) is 16.2 Å². The summed E-state index contributed by atoms with van der Waals surface area (Å²) in [6.07, 6.45) is 5.27. The SMILES string of the molecule is OC1C2CCC1[C@@H](c1ccc(Cl)nc1)C2. The summed E-state index contributed by atoms with van der Waals surface area (Å²) in [5, 5.41) is 10.5. The fourth-order valence-corrected chi connectivity index (χ4v) is 3.40. The highest BCUT2D eigenvalue weighted by atomic mass is 35.5. The molecule has 3 heteroatoms. The van der Waals surface area contributed by atoms with Crippen molar-refractivity contribution in [2.75, 3.05) is 0 Å². The first-order valence-electron chi connectivity index (χ1n) is 5.55. The zero-order chi connectivity index (χ0) is 10.4. The Morgan fingerprint density at radius 1 is 1.33 bits per heavy atom. The summed E-state index contributed by atoms with van der Waals surface area (Å²) in [4.78, 5) is 4.12. The summed E-state index contributed by atoms with van der Waals surface area (Å²) in [6.45, 7) is 0. The van der Waals surface area contributed by atoms with Gasteiger partial charge in [0.15, 0.2) is 0 Å². The number of fused-ring (bicyclic) bond motifs is 2. The molecule has 0 saturated heterocycles. The van der Waals surface area contributed by atoms with Crippen LogP contribution in [0.4, 0.5) is 0 Å². The molecule has 1 aromatic heterocycles. The molecule has 2 bridgehead atoms. The zero-order valence-corrected chi connectivity index (χ0v) is 9.19. The number of pyridine rings is 1. The molecule has 80 valence electrons. The number of aliphatic hydroxyl groups excluding tert-OH is 1. The minimum absolute atomic E-state index is 0.0781. The molecule has 2 saturated carbocycles. The molecule has 0 aliphatic heterocycles. The van der Waals surface area contributed by atoms with Crippen LogP contribution in [0.1, 0.15) is 30.7 Å². The molecular formula is C12H14ClNO. The molecule has 1 heterocycles. The van der Waals surface area contributed by atoms with Crippen LogP contribution >= 0.6 is 11.6 Å². The van der Waals surface area contributed by atoms with E-state index in [9.17, 15) is 5.11 Å². The average molecular weight is 224 g/mol. The summed E-state index contributed by atoms with van der Waals surface area (Å²) in [6, 6.07) is 3.89. The van der Waals surface area contributed by atoms with Crippen molar-refractivity contribution in [3.8, 4) is 0 Å². The Kier molecular flexibility index (Phi) is 2.22. The molecule has 3 unspecified atom stereocenters. The Bertz CT molecular complexity index is 364. The van der Waals surface area contributed by atoms with Crippen molar-refractivity contribution in [2.24, 2.45) is 11.8 Å². The van der Waals surface area contributed by atoms with Crippen molar-refractivity contribution in [1.29, 1.82) is 0 Å². The summed E-state index contributed by atoms with van der Waals surface area (Å²) in [5.74, 6) is 1.48. The molecule has 1 N–H and O–H groups in total. The highest BCUT2D eigenvalue weighted by Gasteiger charge is 2.47. The Morgan fingerprint density at radius 3 is 2.73 bits per heavy atom. The maximum atomic E-state index is 9.97. The fraction of sp³-hybridized carbons (Fsp3) is 0.583. The van der Waals surface area contributed by atoms with Gasteiger partial charge in [-0.3, -0.25) is 0 Å². The third-order valence-corrected chi connectivity index (χ3v) is 4.27. The molecule has 0 radical (unpaired) electrons. The predicted molar refractivity (Wildman–Crippen MR) is 58.8 cm³/mol. The smallest absolute Gasteiger partial charge is 0.129 e. The molecule has 0 amide bonds. The van der Waals surface area contributed by atoms with Gasteiger partial charge in [0.2, 0.25) is 0 Å². The Balaban J connectivity index is 1.87. The van der Waals surface area contributed by atoms with Crippen molar-refractivity contribution in [3.05, 3.63) is 29.0 Å². The van der Waals surface area contributed by atoms with E-state index in [1.165, 1.54) is 18.4 Å². The van der Waals surface area contributed by atoms with E-state index in [0.29, 0.717) is 22.9 Å². The standard InChI is InChI=1S/C12H14ClNO/c13-11-4-2-8(6-14-11)10-5-7-1-3-9(10)12(7)15/h2,4,6-7,9-10,12,15H,1,3,5H2/t7?,9?,10-,12?/m1/s1. The maximum absolute atomic E-state index is 9.97. The lowest BCUT2D eigenvalue weighted by molar-refractivity contribution is 0.126. The third-order valence-electron chi connectivity index (χ3n) is 4.04. The third kappa shape index (κ3) is 1.47. The molecule has 3 rings (SSSR count). The van der Waals surface area contributed by atoms with Crippen LogP contribution in [0.15, 0.2) is 18.3 Å². The van der Waals surface area contributed by atoms with E-state index in [0.717, 1.165) is 6.42 Å². The Morgan fingerprint density at radius 2 is 2.20 bits per heavy atom. The highest BCUT2D eigenvalue weighted by molar-refractivity contribution is 6.29. The van der Waals surface area contributed by atoms with Gasteiger partial charge in [-0.25, -0.2) is 4.98 Å². The van der Waals surface area contributed by atoms with E-state index >= 15 is 0 Å². The first-order valence-corrected chi connectivity index (χ1v) is 5.93. The topological polar surface area (TPSA) is 33.1 Å². The van der Waals surface area contributed by atoms with Gasteiger partial charge in [-0.05, 0) is 48.6 Å². The number of rotatable bonds is 1. The van der Waals surface area contributed by atoms with E-state index in [-0.39, 0.29) is 6.10 Å². The number of hydrogen-bond donors (Lipinski definition) is 1. The van der Waals surface area contributed by atoms with Gasteiger partial charge in [-0.2, -0.15) is 0 Å². The minimum atomic E-state index is -0.0781. The van der Waals surface area contributed by atoms with E-state index in [2.05, 4.69) is 4.98 Å². The molecule has 0 spiro atoms. The second-order valence-corrected chi connectivity index (χ2v) is 5.14. The quantitative estimate of drug-likeness (QED) is 0.743. The molecule has 4 atom stereocenters. The molecular weight excluding hydrogens is 210 g/mol. The zero-order valence-electron chi connectivity index (χ0n) is 8.44. The highest BCUT2D eigenvalue weighted by Crippen LogP contribution is 2.52. The second-order valence-electron chi connectivity index (χ2n) is 4.75. The van der Waals surface area contributed by atoms with Crippen molar-refractivity contribution >= 4 is 11.6 Å². The molecule has 1 aromatic rings. The van der Waals surface area contributed by atoms with Gasteiger partial charge in [0, 0.05) is 6.20 Å². The monoisotopic (exact) mass is 223 g/mol. The maximum Gasteiger partial charge on any atom is 0.129 e. The molecule has 2 aliphatic carbocycles. The molecule has 2 nitrogen and oxygen atoms in total. The van der Waals surface area contributed by atoms with E-state index in [1.807, 2.05) is 18.3 Å². The fourth-order valence-electron chi connectivity index (χ4n) is 3.28. The number of aliphatic hydroxyl groups is 1. The first-order chi connectivity index (χ1) is 7.25. The van der Waals surface area contributed by atoms with Crippen LogP contribution in [-0.2, 0) is 0 Å². The van der Waals surface area contributed by atoms with Crippen molar-refractivity contribution in [1.82, 2.24) is 4.98 Å². The van der Waals surface area contributed by atoms with Crippen LogP contribution in [0.5, 0.6) is 0 Å². The summed E-state index contributed by atoms with van der Waals surface area (Å²) < 4.78 is 0. The van der Waals surface area contributed by atoms with Crippen LogP contribution in [0.2, 0.25) is 5.15 Å². The summed E-state index contributed by atoms with van der Waals surface area (Å²) in [7, 11) is 0. The average Bonchev–Trinajstić information content (AvgIpc) is 2.75. The number of halogens is 1. The van der Waals surface area contributed by atoms with Gasteiger partial charge < -0.3 is 5.11 Å². The molecule has 2 aliphatic rings.